The maximum absolute atomic E-state index is 12.9. The monoisotopic (exact) mass is 469 g/mol. The lowest BCUT2D eigenvalue weighted by atomic mass is 9.96. The zero-order valence-electron chi connectivity index (χ0n) is 18.7. The summed E-state index contributed by atoms with van der Waals surface area (Å²) in [6.45, 7) is 7.16. The van der Waals surface area contributed by atoms with Crippen LogP contribution in [0.4, 0.5) is 24.5 Å². The Hall–Kier alpha value is -3.18. The van der Waals surface area contributed by atoms with E-state index >= 15 is 0 Å². The molecule has 3 rings (SSSR count). The molecule has 1 aromatic heterocycles. The number of aromatic nitrogens is 2. The average Bonchev–Trinajstić information content (AvgIpc) is 3.22. The lowest BCUT2D eigenvalue weighted by Gasteiger charge is -2.36. The van der Waals surface area contributed by atoms with Gasteiger partial charge in [-0.1, -0.05) is 25.9 Å². The Morgan fingerprint density at radius 1 is 1.18 bits per heavy atom. The summed E-state index contributed by atoms with van der Waals surface area (Å²) < 4.78 is 44.0. The third-order valence-electron chi connectivity index (χ3n) is 5.39. The molecule has 1 fully saturated rings. The van der Waals surface area contributed by atoms with Gasteiger partial charge in [-0.15, -0.1) is 0 Å². The van der Waals surface area contributed by atoms with Gasteiger partial charge in [-0.25, -0.2) is 0 Å². The number of alkyl halides is 3. The quantitative estimate of drug-likeness (QED) is 0.466. The van der Waals surface area contributed by atoms with Gasteiger partial charge in [-0.05, 0) is 18.6 Å². The third kappa shape index (κ3) is 5.99. The fraction of sp³-hybridized carbons (Fsp3) is 0.571. The Morgan fingerprint density at radius 3 is 2.39 bits per heavy atom. The van der Waals surface area contributed by atoms with Gasteiger partial charge in [-0.3, -0.25) is 14.9 Å². The van der Waals surface area contributed by atoms with Crippen LogP contribution in [0.15, 0.2) is 22.7 Å². The molecule has 0 bridgehead atoms. The first-order chi connectivity index (χ1) is 15.4. The summed E-state index contributed by atoms with van der Waals surface area (Å²) in [6.07, 6.45) is -3.36. The molecule has 33 heavy (non-hydrogen) atoms. The highest BCUT2D eigenvalue weighted by Crippen LogP contribution is 2.36. The van der Waals surface area contributed by atoms with Crippen molar-refractivity contribution in [3.8, 4) is 0 Å². The van der Waals surface area contributed by atoms with E-state index in [4.69, 9.17) is 4.52 Å². The number of amides is 1. The Labute approximate surface area is 188 Å². The summed E-state index contributed by atoms with van der Waals surface area (Å²) in [5, 5.41) is 15.3. The van der Waals surface area contributed by atoms with Crippen molar-refractivity contribution in [1.29, 1.82) is 0 Å². The molecule has 180 valence electrons. The van der Waals surface area contributed by atoms with Crippen LogP contribution in [-0.4, -0.2) is 52.1 Å². The second kappa shape index (κ2) is 9.36. The first-order valence-corrected chi connectivity index (χ1v) is 10.6. The molecule has 0 radical (unpaired) electrons. The summed E-state index contributed by atoms with van der Waals surface area (Å²) in [7, 11) is 0. The molecule has 9 nitrogen and oxygen atoms in total. The summed E-state index contributed by atoms with van der Waals surface area (Å²) in [4.78, 5) is 30.7. The van der Waals surface area contributed by atoms with Crippen LogP contribution >= 0.6 is 0 Å². The number of nitrogens with zero attached hydrogens (tertiary/aromatic N) is 5. The molecule has 0 atom stereocenters. The van der Waals surface area contributed by atoms with Crippen molar-refractivity contribution in [3.05, 3.63) is 45.6 Å². The number of carbonyl (C=O) groups is 1. The molecule has 1 aliphatic rings. The van der Waals surface area contributed by atoms with Gasteiger partial charge in [0.15, 0.2) is 5.82 Å². The molecule has 0 aliphatic carbocycles. The first-order valence-electron chi connectivity index (χ1n) is 10.6. The van der Waals surface area contributed by atoms with E-state index in [2.05, 4.69) is 10.1 Å². The number of anilines is 1. The number of hydrogen-bond acceptors (Lipinski definition) is 7. The van der Waals surface area contributed by atoms with Crippen LogP contribution in [0.3, 0.4) is 0 Å². The van der Waals surface area contributed by atoms with E-state index in [1.807, 2.05) is 20.8 Å². The normalized spacial score (nSPS) is 15.1. The highest BCUT2D eigenvalue weighted by molar-refractivity contribution is 5.76. The highest BCUT2D eigenvalue weighted by Gasteiger charge is 2.34. The smallest absolute Gasteiger partial charge is 0.362 e. The van der Waals surface area contributed by atoms with Crippen LogP contribution in [0.5, 0.6) is 0 Å². The van der Waals surface area contributed by atoms with Crippen LogP contribution in [0.2, 0.25) is 0 Å². The number of aryl methyl sites for hydroxylation is 1. The van der Waals surface area contributed by atoms with Gasteiger partial charge >= 0.3 is 6.18 Å². The molecule has 1 aliphatic heterocycles. The summed E-state index contributed by atoms with van der Waals surface area (Å²) >= 11 is 0. The first kappa shape index (κ1) is 24.5. The molecule has 0 saturated carbocycles. The minimum absolute atomic E-state index is 0.0628. The second-order valence-electron chi connectivity index (χ2n) is 8.94. The van der Waals surface area contributed by atoms with Crippen molar-refractivity contribution in [1.82, 2.24) is 15.0 Å². The fourth-order valence-electron chi connectivity index (χ4n) is 3.52. The van der Waals surface area contributed by atoms with Crippen molar-refractivity contribution in [3.63, 3.8) is 0 Å². The standard InChI is InChI=1S/C21H26F3N5O4/c1-20(2,3)19-25-17(33-26-19)5-4-6-18(30)28-11-9-27(10-12-28)15-8-7-14(21(22,23)24)13-16(15)29(31)32/h7-8,13H,4-6,9-12H2,1-3H3. The third-order valence-corrected chi connectivity index (χ3v) is 5.39. The van der Waals surface area contributed by atoms with Crippen LogP contribution in [0.25, 0.3) is 0 Å². The SMILES string of the molecule is CC(C)(C)c1noc(CCCC(=O)N2CCN(c3ccc(C(F)(F)F)cc3[N+](=O)[O-])CC2)n1. The van der Waals surface area contributed by atoms with Gasteiger partial charge < -0.3 is 14.3 Å². The van der Waals surface area contributed by atoms with E-state index < -0.39 is 22.4 Å². The predicted molar refractivity (Wildman–Crippen MR) is 113 cm³/mol. The second-order valence-corrected chi connectivity index (χ2v) is 8.94. The molecule has 1 aromatic carbocycles. The Balaban J connectivity index is 1.54. The number of carbonyl (C=O) groups excluding carboxylic acids is 1. The van der Waals surface area contributed by atoms with Gasteiger partial charge in [-0.2, -0.15) is 18.2 Å². The molecular weight excluding hydrogens is 443 g/mol. The van der Waals surface area contributed by atoms with Crippen molar-refractivity contribution in [2.24, 2.45) is 0 Å². The molecule has 2 heterocycles. The number of halogens is 3. The van der Waals surface area contributed by atoms with Crippen molar-refractivity contribution in [2.75, 3.05) is 31.1 Å². The van der Waals surface area contributed by atoms with Crippen LogP contribution in [-0.2, 0) is 22.8 Å². The Kier molecular flexibility index (Phi) is 6.94. The van der Waals surface area contributed by atoms with Gasteiger partial charge in [0.05, 0.1) is 10.5 Å². The van der Waals surface area contributed by atoms with Gasteiger partial charge in [0, 0.05) is 50.5 Å². The minimum Gasteiger partial charge on any atom is -0.362 e. The number of piperazine rings is 1. The number of rotatable bonds is 6. The lowest BCUT2D eigenvalue weighted by Crippen LogP contribution is -2.48. The zero-order chi connectivity index (χ0) is 24.4. The number of hydrogen-bond donors (Lipinski definition) is 0. The van der Waals surface area contributed by atoms with Crippen LogP contribution in [0.1, 0.15) is 50.9 Å². The summed E-state index contributed by atoms with van der Waals surface area (Å²) in [6, 6.07) is 2.51. The molecule has 1 amide bonds. The van der Waals surface area contributed by atoms with E-state index in [0.29, 0.717) is 43.7 Å². The van der Waals surface area contributed by atoms with E-state index in [9.17, 15) is 28.1 Å². The maximum Gasteiger partial charge on any atom is 0.416 e. The molecule has 1 saturated heterocycles. The minimum atomic E-state index is -4.66. The number of nitro groups is 1. The Bertz CT molecular complexity index is 1010. The molecule has 12 heteroatoms. The van der Waals surface area contributed by atoms with Gasteiger partial charge in [0.2, 0.25) is 11.8 Å². The van der Waals surface area contributed by atoms with Crippen LogP contribution in [0, 0.1) is 10.1 Å². The molecule has 0 spiro atoms. The number of benzene rings is 1. The van der Waals surface area contributed by atoms with Crippen molar-refractivity contribution < 1.29 is 27.4 Å². The maximum atomic E-state index is 12.9. The molecular formula is C21H26F3N5O4. The average molecular weight is 469 g/mol. The molecule has 0 N–H and O–H groups in total. The van der Waals surface area contributed by atoms with Gasteiger partial charge in [0.1, 0.15) is 5.69 Å². The zero-order valence-corrected chi connectivity index (χ0v) is 18.7. The number of nitro benzene ring substituents is 1. The van der Waals surface area contributed by atoms with Crippen molar-refractivity contribution >= 4 is 17.3 Å². The molecule has 2 aromatic rings. The largest absolute Gasteiger partial charge is 0.416 e. The summed E-state index contributed by atoms with van der Waals surface area (Å²) in [5.41, 5.74) is -1.77. The van der Waals surface area contributed by atoms with E-state index in [0.717, 1.165) is 12.1 Å². The predicted octanol–water partition coefficient (Wildman–Crippen LogP) is 3.97. The van der Waals surface area contributed by atoms with E-state index in [-0.39, 0.29) is 36.5 Å². The fourth-order valence-corrected chi connectivity index (χ4v) is 3.52. The highest BCUT2D eigenvalue weighted by atomic mass is 19.4. The Morgan fingerprint density at radius 2 is 1.85 bits per heavy atom. The summed E-state index contributed by atoms with van der Waals surface area (Å²) in [5.74, 6) is 1.02. The van der Waals surface area contributed by atoms with Gasteiger partial charge in [0.25, 0.3) is 5.69 Å². The molecule has 0 unspecified atom stereocenters. The topological polar surface area (TPSA) is 106 Å². The lowest BCUT2D eigenvalue weighted by molar-refractivity contribution is -0.384. The van der Waals surface area contributed by atoms with E-state index in [1.54, 1.807) is 9.80 Å². The van der Waals surface area contributed by atoms with E-state index in [1.165, 1.54) is 0 Å². The van der Waals surface area contributed by atoms with Crippen molar-refractivity contribution in [2.45, 2.75) is 51.6 Å². The van der Waals surface area contributed by atoms with Crippen LogP contribution < -0.4 is 4.90 Å².